The van der Waals surface area contributed by atoms with Crippen molar-refractivity contribution in [2.45, 2.75) is 32.0 Å². The van der Waals surface area contributed by atoms with E-state index in [-0.39, 0.29) is 17.1 Å². The molecule has 1 amide bonds. The van der Waals surface area contributed by atoms with Gasteiger partial charge in [0, 0.05) is 12.6 Å². The molecule has 9 heteroatoms. The van der Waals surface area contributed by atoms with Crippen molar-refractivity contribution in [1.82, 2.24) is 10.2 Å². The van der Waals surface area contributed by atoms with Crippen LogP contribution < -0.4 is 10.6 Å². The number of carbonyl (C=O) groups is 1. The van der Waals surface area contributed by atoms with E-state index >= 15 is 0 Å². The van der Waals surface area contributed by atoms with E-state index in [1.807, 2.05) is 6.92 Å². The Kier molecular flexibility index (Phi) is 3.66. The second kappa shape index (κ2) is 4.95. The van der Waals surface area contributed by atoms with E-state index in [1.54, 1.807) is 4.90 Å². The van der Waals surface area contributed by atoms with Crippen molar-refractivity contribution < 1.29 is 18.0 Å². The molecular weight excluding hydrogens is 281 g/mol. The van der Waals surface area contributed by atoms with E-state index in [2.05, 4.69) is 10.2 Å². The molecule has 0 unspecified atom stereocenters. The highest BCUT2D eigenvalue weighted by atomic mass is 32.1. The lowest BCUT2D eigenvalue weighted by Crippen LogP contribution is -2.45. The van der Waals surface area contributed by atoms with Gasteiger partial charge in [-0.3, -0.25) is 4.79 Å². The van der Waals surface area contributed by atoms with Crippen molar-refractivity contribution in [3.05, 3.63) is 5.01 Å². The molecule has 106 valence electrons. The molecular formula is C10H13F3N4OS. The monoisotopic (exact) mass is 294 g/mol. The number of rotatable bonds is 2. The first-order valence-electron chi connectivity index (χ1n) is 5.75. The minimum Gasteiger partial charge on any atom is -0.369 e. The molecule has 0 radical (unpaired) electrons. The summed E-state index contributed by atoms with van der Waals surface area (Å²) < 4.78 is 37.5. The maximum atomic E-state index is 12.5. The minimum absolute atomic E-state index is 0.0182. The Morgan fingerprint density at radius 3 is 2.63 bits per heavy atom. The quantitative estimate of drug-likeness (QED) is 0.900. The topological polar surface area (TPSA) is 72.1 Å². The molecule has 19 heavy (non-hydrogen) atoms. The van der Waals surface area contributed by atoms with Crippen molar-refractivity contribution in [3.8, 4) is 0 Å². The number of aromatic nitrogens is 2. The second-order valence-electron chi connectivity index (χ2n) is 4.57. The Morgan fingerprint density at radius 1 is 1.42 bits per heavy atom. The lowest BCUT2D eigenvalue weighted by molar-refractivity contribution is -0.138. The summed E-state index contributed by atoms with van der Waals surface area (Å²) in [5.41, 5.74) is 5.25. The van der Waals surface area contributed by atoms with E-state index in [1.165, 1.54) is 0 Å². The summed E-state index contributed by atoms with van der Waals surface area (Å²) in [6.45, 7) is 2.18. The fraction of sp³-hybridized carbons (Fsp3) is 0.700. The number of hydrogen-bond donors (Lipinski definition) is 1. The molecule has 1 saturated heterocycles. The zero-order valence-electron chi connectivity index (χ0n) is 10.1. The van der Waals surface area contributed by atoms with Gasteiger partial charge in [-0.1, -0.05) is 11.3 Å². The van der Waals surface area contributed by atoms with Gasteiger partial charge in [-0.2, -0.15) is 13.2 Å². The molecule has 0 aromatic carbocycles. The number of alkyl halides is 3. The van der Waals surface area contributed by atoms with Gasteiger partial charge < -0.3 is 10.6 Å². The van der Waals surface area contributed by atoms with Crippen molar-refractivity contribution in [1.29, 1.82) is 0 Å². The number of amides is 1. The van der Waals surface area contributed by atoms with Crippen LogP contribution >= 0.6 is 11.3 Å². The largest absolute Gasteiger partial charge is 0.445 e. The van der Waals surface area contributed by atoms with E-state index < -0.39 is 17.1 Å². The maximum Gasteiger partial charge on any atom is 0.445 e. The summed E-state index contributed by atoms with van der Waals surface area (Å²) in [5.74, 6) is -0.785. The molecule has 2 atom stereocenters. The highest BCUT2D eigenvalue weighted by Crippen LogP contribution is 2.36. The Hall–Kier alpha value is -1.38. The average Bonchev–Trinajstić information content (AvgIpc) is 2.78. The molecule has 1 fully saturated rings. The molecule has 1 aromatic heterocycles. The van der Waals surface area contributed by atoms with Crippen molar-refractivity contribution in [3.63, 3.8) is 0 Å². The lowest BCUT2D eigenvalue weighted by atomic mass is 9.93. The zero-order valence-corrected chi connectivity index (χ0v) is 11.0. The third-order valence-corrected chi connectivity index (χ3v) is 4.19. The highest BCUT2D eigenvalue weighted by Gasteiger charge is 2.37. The molecule has 0 saturated carbocycles. The van der Waals surface area contributed by atoms with Gasteiger partial charge in [-0.15, -0.1) is 10.2 Å². The third kappa shape index (κ3) is 2.96. The Labute approximate surface area is 111 Å². The number of nitrogens with zero attached hydrogens (tertiary/aromatic N) is 3. The van der Waals surface area contributed by atoms with Crippen LogP contribution in [0.1, 0.15) is 24.8 Å². The SMILES string of the molecule is C[C@@H]1CC[C@H](C(N)=O)CN1c1nnc(C(F)(F)F)s1. The first-order valence-corrected chi connectivity index (χ1v) is 6.57. The molecule has 0 aliphatic carbocycles. The lowest BCUT2D eigenvalue weighted by Gasteiger charge is -2.36. The number of nitrogens with two attached hydrogens (primary N) is 1. The second-order valence-corrected chi connectivity index (χ2v) is 5.52. The van der Waals surface area contributed by atoms with Crippen molar-refractivity contribution >= 4 is 22.4 Å². The standard InChI is InChI=1S/C10H13F3N4OS/c1-5-2-3-6(7(14)18)4-17(5)9-16-15-8(19-9)10(11,12)13/h5-6H,2-4H2,1H3,(H2,14,18)/t5-,6+/m1/s1. The molecule has 5 nitrogen and oxygen atoms in total. The first kappa shape index (κ1) is 14.0. The van der Waals surface area contributed by atoms with E-state index in [9.17, 15) is 18.0 Å². The van der Waals surface area contributed by atoms with E-state index in [4.69, 9.17) is 5.73 Å². The Bertz CT molecular complexity index is 476. The molecule has 2 heterocycles. The molecule has 0 spiro atoms. The van der Waals surface area contributed by atoms with Gasteiger partial charge in [0.1, 0.15) is 0 Å². The summed E-state index contributed by atoms with van der Waals surface area (Å²) in [6, 6.07) is 0.0182. The van der Waals surface area contributed by atoms with Crippen molar-refractivity contribution in [2.75, 3.05) is 11.4 Å². The number of halogens is 3. The number of primary amides is 1. The molecule has 0 bridgehead atoms. The van der Waals surface area contributed by atoms with E-state index in [0.29, 0.717) is 30.7 Å². The number of piperidine rings is 1. The molecule has 2 rings (SSSR count). The number of hydrogen-bond acceptors (Lipinski definition) is 5. The van der Waals surface area contributed by atoms with Gasteiger partial charge in [-0.25, -0.2) is 0 Å². The molecule has 1 aromatic rings. The van der Waals surface area contributed by atoms with Gasteiger partial charge in [-0.05, 0) is 19.8 Å². The van der Waals surface area contributed by atoms with Gasteiger partial charge in [0.05, 0.1) is 5.92 Å². The van der Waals surface area contributed by atoms with Crippen LogP contribution in [0.15, 0.2) is 0 Å². The molecule has 1 aliphatic heterocycles. The Balaban J connectivity index is 2.19. The summed E-state index contributed by atoms with van der Waals surface area (Å²) >= 11 is 0.490. The molecule has 1 aliphatic rings. The summed E-state index contributed by atoms with van der Waals surface area (Å²) in [5, 5.41) is 5.94. The van der Waals surface area contributed by atoms with Crippen LogP contribution in [0.3, 0.4) is 0 Å². The fourth-order valence-corrected chi connectivity index (χ4v) is 2.88. The van der Waals surface area contributed by atoms with Crippen LogP contribution in [0.2, 0.25) is 0 Å². The fourth-order valence-electron chi connectivity index (χ4n) is 2.05. The van der Waals surface area contributed by atoms with Crippen molar-refractivity contribution in [2.24, 2.45) is 11.7 Å². The van der Waals surface area contributed by atoms with E-state index in [0.717, 1.165) is 0 Å². The van der Waals surface area contributed by atoms with Crippen LogP contribution in [0.25, 0.3) is 0 Å². The van der Waals surface area contributed by atoms with Gasteiger partial charge >= 0.3 is 6.18 Å². The Morgan fingerprint density at radius 2 is 2.11 bits per heavy atom. The third-order valence-electron chi connectivity index (χ3n) is 3.19. The van der Waals surface area contributed by atoms with Crippen LogP contribution in [-0.4, -0.2) is 28.7 Å². The zero-order chi connectivity index (χ0) is 14.2. The maximum absolute atomic E-state index is 12.5. The normalized spacial score (nSPS) is 24.5. The minimum atomic E-state index is -4.49. The van der Waals surface area contributed by atoms with Crippen LogP contribution in [0.5, 0.6) is 0 Å². The first-order chi connectivity index (χ1) is 8.79. The average molecular weight is 294 g/mol. The summed E-state index contributed by atoms with van der Waals surface area (Å²) in [4.78, 5) is 12.9. The summed E-state index contributed by atoms with van der Waals surface area (Å²) in [7, 11) is 0. The van der Waals surface area contributed by atoms with Gasteiger partial charge in [0.25, 0.3) is 0 Å². The smallest absolute Gasteiger partial charge is 0.369 e. The highest BCUT2D eigenvalue weighted by molar-refractivity contribution is 7.15. The predicted octanol–water partition coefficient (Wildman–Crippen LogP) is 1.65. The van der Waals surface area contributed by atoms with Crippen LogP contribution in [0, 0.1) is 5.92 Å². The van der Waals surface area contributed by atoms with Gasteiger partial charge in [0.2, 0.25) is 16.0 Å². The number of anilines is 1. The van der Waals surface area contributed by atoms with Gasteiger partial charge in [0.15, 0.2) is 0 Å². The summed E-state index contributed by atoms with van der Waals surface area (Å²) in [6.07, 6.45) is -3.15. The molecule has 2 N–H and O–H groups in total. The van der Waals surface area contributed by atoms with Crippen LogP contribution in [0.4, 0.5) is 18.3 Å². The number of carbonyl (C=O) groups excluding carboxylic acids is 1. The van der Waals surface area contributed by atoms with Crippen LogP contribution in [-0.2, 0) is 11.0 Å². The predicted molar refractivity (Wildman–Crippen MR) is 63.6 cm³/mol.